The van der Waals surface area contributed by atoms with Crippen LogP contribution in [0.2, 0.25) is 0 Å². The van der Waals surface area contributed by atoms with Gasteiger partial charge < -0.3 is 35.9 Å². The lowest BCUT2D eigenvalue weighted by molar-refractivity contribution is 0.131. The number of rotatable bonds is 6. The average molecular weight is 298 g/mol. The van der Waals surface area contributed by atoms with Gasteiger partial charge in [0.15, 0.2) is 0 Å². The van der Waals surface area contributed by atoms with Crippen molar-refractivity contribution in [2.75, 3.05) is 52.4 Å². The van der Waals surface area contributed by atoms with Gasteiger partial charge in [-0.15, -0.1) is 0 Å². The Kier molecular flexibility index (Phi) is 10.7. The number of nitrogens with two attached hydrogens (primary N) is 2. The van der Waals surface area contributed by atoms with Gasteiger partial charge in [0.05, 0.1) is 0 Å². The molecule has 9 heteroatoms. The van der Waals surface area contributed by atoms with Crippen LogP contribution in [0.4, 0.5) is 0 Å². The fourth-order valence-electron chi connectivity index (χ4n) is 1.87. The van der Waals surface area contributed by atoms with E-state index >= 15 is 0 Å². The summed E-state index contributed by atoms with van der Waals surface area (Å²) >= 11 is 0. The van der Waals surface area contributed by atoms with Crippen LogP contribution >= 0.6 is 7.82 Å². The predicted octanol–water partition coefficient (Wildman–Crippen LogP) is -1.63. The first-order valence-corrected chi connectivity index (χ1v) is 8.06. The van der Waals surface area contributed by atoms with Crippen LogP contribution in [0.25, 0.3) is 0 Å². The topological polar surface area (TPSA) is 136 Å². The van der Waals surface area contributed by atoms with Gasteiger partial charge in [-0.25, -0.2) is 4.57 Å². The SMILES string of the molecule is NCCCN1CCN(CCCN)CC1.O=P(O)(O)O. The number of hydrogen-bond donors (Lipinski definition) is 5. The first-order valence-electron chi connectivity index (χ1n) is 6.50. The van der Waals surface area contributed by atoms with Crippen LogP contribution in [0.3, 0.4) is 0 Å². The highest BCUT2D eigenvalue weighted by atomic mass is 31.2. The molecule has 1 aliphatic rings. The third-order valence-electron chi connectivity index (χ3n) is 2.82. The lowest BCUT2D eigenvalue weighted by Gasteiger charge is -2.34. The van der Waals surface area contributed by atoms with E-state index in [1.165, 1.54) is 39.3 Å². The van der Waals surface area contributed by atoms with Crippen LogP contribution in [0.1, 0.15) is 12.8 Å². The van der Waals surface area contributed by atoms with Crippen LogP contribution in [-0.2, 0) is 4.57 Å². The maximum absolute atomic E-state index is 8.88. The van der Waals surface area contributed by atoms with Crippen molar-refractivity contribution in [1.82, 2.24) is 9.80 Å². The van der Waals surface area contributed by atoms with E-state index in [4.69, 9.17) is 30.7 Å². The zero-order valence-corrected chi connectivity index (χ0v) is 12.2. The fraction of sp³-hybridized carbons (Fsp3) is 1.00. The summed E-state index contributed by atoms with van der Waals surface area (Å²) in [6.07, 6.45) is 2.26. The molecule has 0 amide bonds. The van der Waals surface area contributed by atoms with Crippen molar-refractivity contribution < 1.29 is 19.2 Å². The Morgan fingerprint density at radius 3 is 1.32 bits per heavy atom. The summed E-state index contributed by atoms with van der Waals surface area (Å²) in [6.45, 7) is 8.76. The number of hydrogen-bond acceptors (Lipinski definition) is 5. The Hall–Kier alpha value is -0.0500. The van der Waals surface area contributed by atoms with Gasteiger partial charge in [-0.1, -0.05) is 0 Å². The third-order valence-corrected chi connectivity index (χ3v) is 2.82. The number of phosphoric acid groups is 1. The minimum atomic E-state index is -4.64. The molecule has 116 valence electrons. The first kappa shape index (κ1) is 18.9. The number of piperazine rings is 1. The molecule has 1 rings (SSSR count). The predicted molar refractivity (Wildman–Crippen MR) is 74.5 cm³/mol. The Balaban J connectivity index is 0.000000555. The monoisotopic (exact) mass is 298 g/mol. The molecule has 0 aromatic rings. The molecule has 7 N–H and O–H groups in total. The van der Waals surface area contributed by atoms with Crippen molar-refractivity contribution in [3.63, 3.8) is 0 Å². The van der Waals surface area contributed by atoms with E-state index in [0.29, 0.717) is 0 Å². The van der Waals surface area contributed by atoms with E-state index in [2.05, 4.69) is 9.80 Å². The summed E-state index contributed by atoms with van der Waals surface area (Å²) < 4.78 is 8.88. The molecule has 0 aromatic heterocycles. The molecule has 0 aliphatic carbocycles. The quantitative estimate of drug-likeness (QED) is 0.369. The highest BCUT2D eigenvalue weighted by molar-refractivity contribution is 7.45. The van der Waals surface area contributed by atoms with Gasteiger partial charge in [0, 0.05) is 26.2 Å². The summed E-state index contributed by atoms with van der Waals surface area (Å²) in [5.74, 6) is 0. The lowest BCUT2D eigenvalue weighted by Crippen LogP contribution is -2.47. The van der Waals surface area contributed by atoms with Gasteiger partial charge in [-0.2, -0.15) is 0 Å². The second-order valence-electron chi connectivity index (χ2n) is 4.48. The van der Waals surface area contributed by atoms with E-state index in [0.717, 1.165) is 25.9 Å². The summed E-state index contributed by atoms with van der Waals surface area (Å²) in [5, 5.41) is 0. The van der Waals surface area contributed by atoms with Crippen molar-refractivity contribution in [3.05, 3.63) is 0 Å². The summed E-state index contributed by atoms with van der Waals surface area (Å²) in [7, 11) is -4.64. The minimum Gasteiger partial charge on any atom is -0.330 e. The summed E-state index contributed by atoms with van der Waals surface area (Å²) in [6, 6.07) is 0. The van der Waals surface area contributed by atoms with Crippen molar-refractivity contribution >= 4 is 7.82 Å². The molecule has 8 nitrogen and oxygen atoms in total. The Morgan fingerprint density at radius 2 is 1.11 bits per heavy atom. The molecule has 0 aromatic carbocycles. The molecule has 19 heavy (non-hydrogen) atoms. The maximum Gasteiger partial charge on any atom is 0.466 e. The van der Waals surface area contributed by atoms with Crippen molar-refractivity contribution in [2.24, 2.45) is 11.5 Å². The first-order chi connectivity index (χ1) is 8.86. The van der Waals surface area contributed by atoms with Gasteiger partial charge >= 0.3 is 7.82 Å². The van der Waals surface area contributed by atoms with Gasteiger partial charge in [-0.3, -0.25) is 0 Å². The molecule has 1 fully saturated rings. The van der Waals surface area contributed by atoms with Crippen molar-refractivity contribution in [1.29, 1.82) is 0 Å². The summed E-state index contributed by atoms with van der Waals surface area (Å²) in [4.78, 5) is 26.6. The molecule has 0 saturated carbocycles. The molecule has 0 radical (unpaired) electrons. The molecule has 0 bridgehead atoms. The third kappa shape index (κ3) is 14.2. The highest BCUT2D eigenvalue weighted by Gasteiger charge is 2.15. The standard InChI is InChI=1S/C10H24N4.H3O4P/c11-3-1-5-13-7-9-14(10-8-13)6-2-4-12;1-5(2,3)4/h1-12H2;(H3,1,2,3,4). The normalized spacial score (nSPS) is 17.9. The zero-order chi connectivity index (χ0) is 14.7. The van der Waals surface area contributed by atoms with Crippen LogP contribution in [0, 0.1) is 0 Å². The molecule has 0 atom stereocenters. The Labute approximate surface area is 114 Å². The van der Waals surface area contributed by atoms with E-state index in [9.17, 15) is 0 Å². The highest BCUT2D eigenvalue weighted by Crippen LogP contribution is 2.25. The second kappa shape index (κ2) is 10.7. The molecular formula is C10H27N4O4P. The van der Waals surface area contributed by atoms with Gasteiger partial charge in [0.2, 0.25) is 0 Å². The van der Waals surface area contributed by atoms with Gasteiger partial charge in [0.1, 0.15) is 0 Å². The largest absolute Gasteiger partial charge is 0.466 e. The van der Waals surface area contributed by atoms with E-state index < -0.39 is 7.82 Å². The average Bonchev–Trinajstić information content (AvgIpc) is 2.33. The maximum atomic E-state index is 8.88. The van der Waals surface area contributed by atoms with Crippen LogP contribution in [0.15, 0.2) is 0 Å². The second-order valence-corrected chi connectivity index (χ2v) is 5.51. The minimum absolute atomic E-state index is 0.813. The molecule has 0 spiro atoms. The van der Waals surface area contributed by atoms with Crippen molar-refractivity contribution in [2.45, 2.75) is 12.8 Å². The van der Waals surface area contributed by atoms with Crippen LogP contribution in [-0.4, -0.2) is 76.8 Å². The van der Waals surface area contributed by atoms with Crippen molar-refractivity contribution in [3.8, 4) is 0 Å². The van der Waals surface area contributed by atoms with Crippen LogP contribution < -0.4 is 11.5 Å². The van der Waals surface area contributed by atoms with Gasteiger partial charge in [-0.05, 0) is 39.0 Å². The zero-order valence-electron chi connectivity index (χ0n) is 11.3. The van der Waals surface area contributed by atoms with E-state index in [-0.39, 0.29) is 0 Å². The molecule has 1 heterocycles. The Morgan fingerprint density at radius 1 is 0.842 bits per heavy atom. The van der Waals surface area contributed by atoms with E-state index in [1.54, 1.807) is 0 Å². The van der Waals surface area contributed by atoms with Crippen LogP contribution in [0.5, 0.6) is 0 Å². The summed E-state index contributed by atoms with van der Waals surface area (Å²) in [5.41, 5.74) is 11.0. The fourth-order valence-corrected chi connectivity index (χ4v) is 1.87. The smallest absolute Gasteiger partial charge is 0.330 e. The molecule has 0 unspecified atom stereocenters. The van der Waals surface area contributed by atoms with Gasteiger partial charge in [0.25, 0.3) is 0 Å². The molecular weight excluding hydrogens is 271 g/mol. The lowest BCUT2D eigenvalue weighted by atomic mass is 10.2. The Bertz CT molecular complexity index is 232. The molecule has 1 aliphatic heterocycles. The molecule has 1 saturated heterocycles. The number of nitrogens with zero attached hydrogens (tertiary/aromatic N) is 2. The van der Waals surface area contributed by atoms with E-state index in [1.807, 2.05) is 0 Å².